The Labute approximate surface area is 222 Å². The summed E-state index contributed by atoms with van der Waals surface area (Å²) >= 11 is 6.40. The molecule has 2 N–H and O–H groups in total. The minimum absolute atomic E-state index is 0.489. The Bertz CT molecular complexity index is 1320. The number of ether oxygens (including phenoxy) is 1. The molecule has 191 valence electrons. The maximum Gasteiger partial charge on any atom is 0.300 e. The molecule has 1 aliphatic rings. The molecule has 12 heteroatoms. The van der Waals surface area contributed by atoms with Crippen LogP contribution in [-0.4, -0.2) is 59.4 Å². The third-order valence-corrected chi connectivity index (χ3v) is 7.91. The van der Waals surface area contributed by atoms with Gasteiger partial charge in [0.2, 0.25) is 5.95 Å². The lowest BCUT2D eigenvalue weighted by Crippen LogP contribution is -2.26. The van der Waals surface area contributed by atoms with Crippen molar-refractivity contribution >= 4 is 32.3 Å². The first-order valence-electron chi connectivity index (χ1n) is 12.1. The molecule has 0 amide bonds. The van der Waals surface area contributed by atoms with Gasteiger partial charge in [-0.05, 0) is 84.2 Å². The summed E-state index contributed by atoms with van der Waals surface area (Å²) in [6.45, 7) is 4.14. The van der Waals surface area contributed by atoms with Crippen LogP contribution in [0.5, 0.6) is 11.5 Å². The smallest absolute Gasteiger partial charge is 0.300 e. The third-order valence-electron chi connectivity index (χ3n) is 6.26. The van der Waals surface area contributed by atoms with Crippen molar-refractivity contribution in [1.29, 1.82) is 0 Å². The monoisotopic (exact) mass is 535 g/mol. The minimum Gasteiger partial charge on any atom is -0.539 e. The van der Waals surface area contributed by atoms with Gasteiger partial charge in [0.25, 0.3) is 9.04 Å². The standard InChI is InChI=1S/C25H28ClN8O2Si/c1-35-24-12-18(17-7-9-27-10-8-17)4-6-22(24)31-25-28-13-20(14-29-25)19-3-5-21(26)23(11-19)36-37(2)16-34-15-30-32-33-34/h3-6,11-15,17,27H,7-10,16H2,1-2H3,(H,28,29,31). The number of aromatic nitrogens is 6. The first-order chi connectivity index (χ1) is 18.1. The molecule has 1 radical (unpaired) electrons. The zero-order valence-corrected chi connectivity index (χ0v) is 22.4. The van der Waals surface area contributed by atoms with Gasteiger partial charge in [0.05, 0.1) is 24.0 Å². The van der Waals surface area contributed by atoms with Crippen LogP contribution in [0.3, 0.4) is 0 Å². The second kappa shape index (κ2) is 11.7. The number of hydrogen-bond acceptors (Lipinski definition) is 9. The van der Waals surface area contributed by atoms with Crippen LogP contribution in [-0.2, 0) is 6.17 Å². The lowest BCUT2D eigenvalue weighted by molar-refractivity contribution is 0.413. The summed E-state index contributed by atoms with van der Waals surface area (Å²) in [7, 11) is 0.421. The number of nitrogens with one attached hydrogen (secondary N) is 2. The molecule has 0 bridgehead atoms. The van der Waals surface area contributed by atoms with Crippen LogP contribution in [0.15, 0.2) is 55.1 Å². The van der Waals surface area contributed by atoms with Gasteiger partial charge in [0.1, 0.15) is 17.8 Å². The Hall–Kier alpha value is -3.54. The Morgan fingerprint density at radius 3 is 2.62 bits per heavy atom. The summed E-state index contributed by atoms with van der Waals surface area (Å²) in [6.07, 6.45) is 7.99. The van der Waals surface area contributed by atoms with Crippen LogP contribution in [0.25, 0.3) is 11.1 Å². The van der Waals surface area contributed by atoms with Crippen LogP contribution in [0.4, 0.5) is 11.6 Å². The molecule has 37 heavy (non-hydrogen) atoms. The maximum absolute atomic E-state index is 6.40. The fraction of sp³-hybridized carbons (Fsp3) is 0.320. The van der Waals surface area contributed by atoms with Crippen LogP contribution in [0.1, 0.15) is 24.3 Å². The number of rotatable bonds is 9. The van der Waals surface area contributed by atoms with Gasteiger partial charge in [-0.2, -0.15) is 0 Å². The molecule has 1 saturated heterocycles. The minimum atomic E-state index is -1.26. The van der Waals surface area contributed by atoms with Gasteiger partial charge >= 0.3 is 0 Å². The fourth-order valence-corrected chi connectivity index (χ4v) is 5.78. The number of tetrazole rings is 1. The predicted molar refractivity (Wildman–Crippen MR) is 144 cm³/mol. The summed E-state index contributed by atoms with van der Waals surface area (Å²) in [6, 6.07) is 12.0. The van der Waals surface area contributed by atoms with Gasteiger partial charge < -0.3 is 19.8 Å². The average molecular weight is 536 g/mol. The lowest BCUT2D eigenvalue weighted by atomic mass is 9.90. The molecule has 0 unspecified atom stereocenters. The number of piperidine rings is 1. The highest BCUT2D eigenvalue weighted by Crippen LogP contribution is 2.34. The highest BCUT2D eigenvalue weighted by Gasteiger charge is 2.18. The third kappa shape index (κ3) is 6.24. The summed E-state index contributed by atoms with van der Waals surface area (Å²) < 4.78 is 13.5. The normalized spacial score (nSPS) is 14.1. The van der Waals surface area contributed by atoms with Gasteiger partial charge in [0, 0.05) is 18.0 Å². The molecule has 2 aromatic heterocycles. The predicted octanol–water partition coefficient (Wildman–Crippen LogP) is 4.24. The summed E-state index contributed by atoms with van der Waals surface area (Å²) in [5, 5.41) is 18.5. The van der Waals surface area contributed by atoms with Gasteiger partial charge in [-0.1, -0.05) is 23.7 Å². The van der Waals surface area contributed by atoms with Crippen molar-refractivity contribution < 1.29 is 9.16 Å². The fourth-order valence-electron chi connectivity index (χ4n) is 4.34. The van der Waals surface area contributed by atoms with E-state index in [-0.39, 0.29) is 0 Å². The summed E-state index contributed by atoms with van der Waals surface area (Å²) in [5.74, 6) is 2.44. The topological polar surface area (TPSA) is 112 Å². The molecule has 0 atom stereocenters. The average Bonchev–Trinajstić information content (AvgIpc) is 3.44. The van der Waals surface area contributed by atoms with Crippen molar-refractivity contribution in [3.8, 4) is 22.6 Å². The van der Waals surface area contributed by atoms with Crippen molar-refractivity contribution in [2.75, 3.05) is 25.5 Å². The van der Waals surface area contributed by atoms with E-state index in [0.717, 1.165) is 48.5 Å². The van der Waals surface area contributed by atoms with Crippen molar-refractivity contribution in [3.05, 3.63) is 65.7 Å². The SMILES string of the molecule is COc1cc(C2CCNCC2)ccc1Nc1ncc(-c2ccc(Cl)c(O[Si](C)Cn3cnnn3)c2)cn1. The molecular weight excluding hydrogens is 508 g/mol. The van der Waals surface area contributed by atoms with Crippen LogP contribution < -0.4 is 19.8 Å². The van der Waals surface area contributed by atoms with Crippen LogP contribution in [0.2, 0.25) is 11.6 Å². The first kappa shape index (κ1) is 25.1. The Kier molecular flexibility index (Phi) is 7.92. The molecule has 0 aliphatic carbocycles. The maximum atomic E-state index is 6.40. The van der Waals surface area contributed by atoms with Crippen LogP contribution in [0, 0.1) is 0 Å². The van der Waals surface area contributed by atoms with Crippen molar-refractivity contribution in [3.63, 3.8) is 0 Å². The Morgan fingerprint density at radius 2 is 1.89 bits per heavy atom. The molecule has 5 rings (SSSR count). The van der Waals surface area contributed by atoms with E-state index in [4.69, 9.17) is 20.8 Å². The largest absolute Gasteiger partial charge is 0.539 e. The van der Waals surface area contributed by atoms with E-state index in [1.54, 1.807) is 30.5 Å². The molecule has 2 aromatic carbocycles. The number of benzene rings is 2. The molecule has 0 saturated carbocycles. The molecule has 0 spiro atoms. The van der Waals surface area contributed by atoms with Gasteiger partial charge in [0.15, 0.2) is 0 Å². The Morgan fingerprint density at radius 1 is 1.08 bits per heavy atom. The van der Waals surface area contributed by atoms with E-state index in [1.807, 2.05) is 30.8 Å². The zero-order valence-electron chi connectivity index (χ0n) is 20.7. The van der Waals surface area contributed by atoms with Crippen molar-refractivity contribution in [2.24, 2.45) is 0 Å². The van der Waals surface area contributed by atoms with E-state index in [1.165, 1.54) is 5.56 Å². The van der Waals surface area contributed by atoms with E-state index in [9.17, 15) is 0 Å². The van der Waals surface area contributed by atoms with E-state index < -0.39 is 9.04 Å². The van der Waals surface area contributed by atoms with Crippen molar-refractivity contribution in [1.82, 2.24) is 35.5 Å². The number of hydrogen-bond donors (Lipinski definition) is 2. The molecule has 1 aliphatic heterocycles. The molecular formula is C25H28ClN8O2Si. The van der Waals surface area contributed by atoms with Gasteiger partial charge in [-0.3, -0.25) is 0 Å². The molecule has 4 aromatic rings. The molecule has 10 nitrogen and oxygen atoms in total. The summed E-state index contributed by atoms with van der Waals surface area (Å²) in [5.41, 5.74) is 3.89. The number of methoxy groups -OCH3 is 1. The van der Waals surface area contributed by atoms with Gasteiger partial charge in [-0.25, -0.2) is 14.6 Å². The highest BCUT2D eigenvalue weighted by molar-refractivity contribution is 6.50. The van der Waals surface area contributed by atoms with Crippen LogP contribution >= 0.6 is 11.6 Å². The Balaban J connectivity index is 1.27. The molecule has 3 heterocycles. The zero-order chi connectivity index (χ0) is 25.6. The first-order valence-corrected chi connectivity index (χ1v) is 14.6. The van der Waals surface area contributed by atoms with Gasteiger partial charge in [-0.15, -0.1) is 5.10 Å². The quantitative estimate of drug-likeness (QED) is 0.304. The number of halogens is 1. The van der Waals surface area contributed by atoms with E-state index >= 15 is 0 Å². The lowest BCUT2D eigenvalue weighted by Gasteiger charge is -2.24. The highest BCUT2D eigenvalue weighted by atomic mass is 35.5. The second-order valence-electron chi connectivity index (χ2n) is 8.86. The second-order valence-corrected chi connectivity index (χ2v) is 11.2. The van der Waals surface area contributed by atoms with E-state index in [2.05, 4.69) is 48.3 Å². The molecule has 1 fully saturated rings. The number of nitrogens with zero attached hydrogens (tertiary/aromatic N) is 6. The van der Waals surface area contributed by atoms with Crippen molar-refractivity contribution in [2.45, 2.75) is 31.5 Å². The number of anilines is 2. The van der Waals surface area contributed by atoms with E-state index in [0.29, 0.717) is 28.8 Å². The summed E-state index contributed by atoms with van der Waals surface area (Å²) in [4.78, 5) is 9.04.